The summed E-state index contributed by atoms with van der Waals surface area (Å²) < 4.78 is 28.1. The number of anilines is 2. The van der Waals surface area contributed by atoms with Gasteiger partial charge in [-0.25, -0.2) is 8.42 Å². The van der Waals surface area contributed by atoms with Crippen molar-refractivity contribution in [1.29, 1.82) is 0 Å². The van der Waals surface area contributed by atoms with Crippen LogP contribution >= 0.6 is 15.9 Å². The number of rotatable bonds is 5. The maximum Gasteiger partial charge on any atom is 0.265 e. The molecule has 2 rings (SSSR count). The van der Waals surface area contributed by atoms with Crippen LogP contribution in [0.3, 0.4) is 0 Å². The molecule has 5 nitrogen and oxygen atoms in total. The molecular weight excluding hydrogens is 342 g/mol. The van der Waals surface area contributed by atoms with Crippen molar-refractivity contribution in [2.24, 2.45) is 0 Å². The molecule has 0 bridgehead atoms. The van der Waals surface area contributed by atoms with Gasteiger partial charge in [0.15, 0.2) is 0 Å². The lowest BCUT2D eigenvalue weighted by Crippen LogP contribution is -2.15. The average Bonchev–Trinajstić information content (AvgIpc) is 2.39. The Kier molecular flexibility index (Phi) is 4.61. The summed E-state index contributed by atoms with van der Waals surface area (Å²) >= 11 is 3.31. The number of nitrogens with zero attached hydrogens (tertiary/aromatic N) is 1. The third-order valence-corrected chi connectivity index (χ3v) is 4.42. The first-order valence-electron chi connectivity index (χ1n) is 5.99. The normalized spacial score (nSPS) is 11.1. The second-order valence-corrected chi connectivity index (χ2v) is 6.58. The molecule has 0 fully saturated rings. The van der Waals surface area contributed by atoms with Crippen LogP contribution in [0.5, 0.6) is 0 Å². The highest BCUT2D eigenvalue weighted by Gasteiger charge is 2.18. The first-order chi connectivity index (χ1) is 9.53. The summed E-state index contributed by atoms with van der Waals surface area (Å²) in [5.74, 6) is 0. The Morgan fingerprint density at radius 3 is 2.80 bits per heavy atom. The number of sulfonamides is 1. The van der Waals surface area contributed by atoms with E-state index in [-0.39, 0.29) is 4.90 Å². The van der Waals surface area contributed by atoms with Crippen molar-refractivity contribution in [2.75, 3.05) is 16.6 Å². The Morgan fingerprint density at radius 2 is 2.10 bits per heavy atom. The predicted molar refractivity (Wildman–Crippen MR) is 83.4 cm³/mol. The minimum absolute atomic E-state index is 0.127. The van der Waals surface area contributed by atoms with Crippen LogP contribution in [0.2, 0.25) is 0 Å². The number of nitrogens with one attached hydrogen (secondary N) is 2. The molecule has 0 saturated heterocycles. The fraction of sp³-hybridized carbons (Fsp3) is 0.154. The maximum atomic E-state index is 12.4. The van der Waals surface area contributed by atoms with Gasteiger partial charge in [0.2, 0.25) is 0 Å². The number of pyridine rings is 1. The standard InChI is InChI=1S/C13H14BrN3O2S/c1-2-16-12-6-7-15-9-13(12)20(18,19)17-11-5-3-4-10(14)8-11/h3-9,17H,2H2,1H3,(H,15,16). The SMILES string of the molecule is CCNc1ccncc1S(=O)(=O)Nc1cccc(Br)c1. The molecular formula is C13H14BrN3O2S. The second kappa shape index (κ2) is 6.23. The highest BCUT2D eigenvalue weighted by Crippen LogP contribution is 2.23. The lowest BCUT2D eigenvalue weighted by atomic mass is 10.3. The van der Waals surface area contributed by atoms with Crippen LogP contribution in [-0.2, 0) is 10.0 Å². The number of hydrogen-bond donors (Lipinski definition) is 2. The van der Waals surface area contributed by atoms with E-state index >= 15 is 0 Å². The minimum Gasteiger partial charge on any atom is -0.384 e. The van der Waals surface area contributed by atoms with Gasteiger partial charge in [-0.2, -0.15) is 0 Å². The zero-order valence-electron chi connectivity index (χ0n) is 10.8. The zero-order chi connectivity index (χ0) is 14.6. The molecule has 0 radical (unpaired) electrons. The van der Waals surface area contributed by atoms with Gasteiger partial charge in [-0.05, 0) is 31.2 Å². The van der Waals surface area contributed by atoms with E-state index in [2.05, 4.69) is 31.0 Å². The van der Waals surface area contributed by atoms with Gasteiger partial charge in [0.05, 0.1) is 5.69 Å². The van der Waals surface area contributed by atoms with Crippen LogP contribution in [0.4, 0.5) is 11.4 Å². The summed E-state index contributed by atoms with van der Waals surface area (Å²) in [6.07, 6.45) is 2.88. The summed E-state index contributed by atoms with van der Waals surface area (Å²) in [5, 5.41) is 3.01. The molecule has 1 aromatic carbocycles. The Morgan fingerprint density at radius 1 is 1.30 bits per heavy atom. The highest BCUT2D eigenvalue weighted by atomic mass is 79.9. The van der Waals surface area contributed by atoms with Gasteiger partial charge in [0.1, 0.15) is 4.90 Å². The molecule has 2 aromatic rings. The topological polar surface area (TPSA) is 71.1 Å². The van der Waals surface area contributed by atoms with E-state index in [1.54, 1.807) is 30.5 Å². The molecule has 0 unspecified atom stereocenters. The van der Waals surface area contributed by atoms with Gasteiger partial charge >= 0.3 is 0 Å². The van der Waals surface area contributed by atoms with Crippen molar-refractivity contribution in [3.63, 3.8) is 0 Å². The van der Waals surface area contributed by atoms with Crippen LogP contribution in [0.1, 0.15) is 6.92 Å². The fourth-order valence-corrected chi connectivity index (χ4v) is 3.27. The van der Waals surface area contributed by atoms with E-state index in [9.17, 15) is 8.42 Å². The number of benzene rings is 1. The van der Waals surface area contributed by atoms with E-state index in [1.165, 1.54) is 6.20 Å². The van der Waals surface area contributed by atoms with Crippen molar-refractivity contribution in [3.8, 4) is 0 Å². The Labute approximate surface area is 126 Å². The van der Waals surface area contributed by atoms with Crippen LogP contribution in [0.25, 0.3) is 0 Å². The first-order valence-corrected chi connectivity index (χ1v) is 8.27. The van der Waals surface area contributed by atoms with Crippen LogP contribution in [-0.4, -0.2) is 19.9 Å². The van der Waals surface area contributed by atoms with Gasteiger partial charge in [0.25, 0.3) is 10.0 Å². The van der Waals surface area contributed by atoms with Crippen LogP contribution in [0.15, 0.2) is 52.1 Å². The Bertz CT molecular complexity index is 704. The van der Waals surface area contributed by atoms with E-state index in [1.807, 2.05) is 13.0 Å². The van der Waals surface area contributed by atoms with Gasteiger partial charge in [-0.1, -0.05) is 22.0 Å². The molecule has 0 aliphatic heterocycles. The largest absolute Gasteiger partial charge is 0.384 e. The quantitative estimate of drug-likeness (QED) is 0.864. The Balaban J connectivity index is 2.36. The molecule has 1 heterocycles. The van der Waals surface area contributed by atoms with Gasteiger partial charge < -0.3 is 5.32 Å². The Hall–Kier alpha value is -1.60. The molecule has 0 saturated carbocycles. The summed E-state index contributed by atoms with van der Waals surface area (Å²) in [4.78, 5) is 4.01. The van der Waals surface area contributed by atoms with Crippen molar-refractivity contribution < 1.29 is 8.42 Å². The average molecular weight is 356 g/mol. The van der Waals surface area contributed by atoms with Gasteiger partial charge in [-0.3, -0.25) is 9.71 Å². The number of hydrogen-bond acceptors (Lipinski definition) is 4. The van der Waals surface area contributed by atoms with E-state index < -0.39 is 10.0 Å². The van der Waals surface area contributed by atoms with Crippen molar-refractivity contribution >= 4 is 37.3 Å². The van der Waals surface area contributed by atoms with Gasteiger partial charge in [0, 0.05) is 29.1 Å². The molecule has 2 N–H and O–H groups in total. The van der Waals surface area contributed by atoms with E-state index in [0.717, 1.165) is 4.47 Å². The highest BCUT2D eigenvalue weighted by molar-refractivity contribution is 9.10. The summed E-state index contributed by atoms with van der Waals surface area (Å²) in [6, 6.07) is 8.60. The third kappa shape index (κ3) is 3.49. The van der Waals surface area contributed by atoms with Crippen molar-refractivity contribution in [2.45, 2.75) is 11.8 Å². The van der Waals surface area contributed by atoms with Crippen molar-refractivity contribution in [3.05, 3.63) is 47.2 Å². The smallest absolute Gasteiger partial charge is 0.265 e. The zero-order valence-corrected chi connectivity index (χ0v) is 13.2. The second-order valence-electron chi connectivity index (χ2n) is 4.02. The number of halogens is 1. The number of aromatic nitrogens is 1. The maximum absolute atomic E-state index is 12.4. The lowest BCUT2D eigenvalue weighted by molar-refractivity contribution is 0.601. The molecule has 1 aromatic heterocycles. The fourth-order valence-electron chi connectivity index (χ4n) is 1.69. The summed E-state index contributed by atoms with van der Waals surface area (Å²) in [7, 11) is -3.68. The van der Waals surface area contributed by atoms with E-state index in [4.69, 9.17) is 0 Å². The molecule has 0 atom stereocenters. The summed E-state index contributed by atoms with van der Waals surface area (Å²) in [5.41, 5.74) is 1.02. The molecule has 0 aliphatic rings. The molecule has 106 valence electrons. The monoisotopic (exact) mass is 355 g/mol. The lowest BCUT2D eigenvalue weighted by Gasteiger charge is -2.12. The molecule has 0 spiro atoms. The molecule has 20 heavy (non-hydrogen) atoms. The molecule has 0 amide bonds. The van der Waals surface area contributed by atoms with E-state index in [0.29, 0.717) is 17.9 Å². The summed E-state index contributed by atoms with van der Waals surface area (Å²) in [6.45, 7) is 2.53. The molecule has 0 aliphatic carbocycles. The van der Waals surface area contributed by atoms with Crippen LogP contribution in [0, 0.1) is 0 Å². The first kappa shape index (κ1) is 14.8. The van der Waals surface area contributed by atoms with Gasteiger partial charge in [-0.15, -0.1) is 0 Å². The minimum atomic E-state index is -3.68. The predicted octanol–water partition coefficient (Wildman–Crippen LogP) is 3.08. The molecule has 7 heteroatoms. The van der Waals surface area contributed by atoms with Crippen molar-refractivity contribution in [1.82, 2.24) is 4.98 Å². The van der Waals surface area contributed by atoms with Crippen LogP contribution < -0.4 is 10.0 Å². The third-order valence-electron chi connectivity index (χ3n) is 2.52.